The molecule has 0 amide bonds. The Bertz CT molecular complexity index is 294. The third kappa shape index (κ3) is 2.36. The van der Waals surface area contributed by atoms with Crippen molar-refractivity contribution in [1.82, 2.24) is 0 Å². The summed E-state index contributed by atoms with van der Waals surface area (Å²) in [6.07, 6.45) is 1.93. The van der Waals surface area contributed by atoms with Crippen LogP contribution >= 0.6 is 0 Å². The van der Waals surface area contributed by atoms with Gasteiger partial charge in [-0.05, 0) is 49.6 Å². The first-order valence-electron chi connectivity index (χ1n) is 4.49. The van der Waals surface area contributed by atoms with Crippen molar-refractivity contribution < 1.29 is 0 Å². The van der Waals surface area contributed by atoms with E-state index in [1.165, 1.54) is 5.56 Å². The van der Waals surface area contributed by atoms with Crippen LogP contribution in [-0.2, 0) is 6.42 Å². The van der Waals surface area contributed by atoms with Gasteiger partial charge in [-0.3, -0.25) is 0 Å². The molecule has 0 aliphatic heterocycles. The van der Waals surface area contributed by atoms with Gasteiger partial charge >= 0.3 is 0 Å². The van der Waals surface area contributed by atoms with Crippen molar-refractivity contribution in [2.24, 2.45) is 5.73 Å². The summed E-state index contributed by atoms with van der Waals surface area (Å²) in [5.41, 5.74) is 20.8. The molecule has 0 saturated carbocycles. The second kappa shape index (κ2) is 4.14. The van der Waals surface area contributed by atoms with Crippen molar-refractivity contribution in [1.29, 1.82) is 0 Å². The molecule has 0 heterocycles. The molecule has 0 saturated heterocycles. The molecule has 0 aromatic heterocycles. The summed E-state index contributed by atoms with van der Waals surface area (Å²) in [7, 11) is 0. The van der Waals surface area contributed by atoms with Gasteiger partial charge in [0.05, 0.1) is 0 Å². The molecule has 0 aliphatic rings. The first-order valence-corrected chi connectivity index (χ1v) is 4.49. The van der Waals surface area contributed by atoms with Crippen LogP contribution in [0.15, 0.2) is 12.1 Å². The number of benzene rings is 1. The van der Waals surface area contributed by atoms with Crippen molar-refractivity contribution >= 4 is 11.4 Å². The molecule has 0 radical (unpaired) electrons. The van der Waals surface area contributed by atoms with E-state index in [0.29, 0.717) is 6.54 Å². The standard InChI is InChI=1S/C10H17N3/c1-7-8(3-2-4-11)5-9(12)6-10(7)13/h5-6H,2-4,11-13H2,1H3. The van der Waals surface area contributed by atoms with Crippen LogP contribution in [0.5, 0.6) is 0 Å². The number of hydrogen-bond donors (Lipinski definition) is 3. The minimum absolute atomic E-state index is 0.703. The number of nitrogens with two attached hydrogens (primary N) is 3. The van der Waals surface area contributed by atoms with Crippen LogP contribution in [0.4, 0.5) is 11.4 Å². The quantitative estimate of drug-likeness (QED) is 0.607. The zero-order valence-electron chi connectivity index (χ0n) is 8.01. The molecule has 0 bridgehead atoms. The predicted molar refractivity (Wildman–Crippen MR) is 57.4 cm³/mol. The lowest BCUT2D eigenvalue weighted by Crippen LogP contribution is -2.03. The minimum Gasteiger partial charge on any atom is -0.399 e. The lowest BCUT2D eigenvalue weighted by molar-refractivity contribution is 0.829. The fourth-order valence-corrected chi connectivity index (χ4v) is 1.38. The molecule has 1 aromatic rings. The average molecular weight is 179 g/mol. The normalized spacial score (nSPS) is 10.3. The van der Waals surface area contributed by atoms with Crippen LogP contribution in [0.3, 0.4) is 0 Å². The Morgan fingerprint density at radius 3 is 2.54 bits per heavy atom. The number of anilines is 2. The fourth-order valence-electron chi connectivity index (χ4n) is 1.38. The van der Waals surface area contributed by atoms with E-state index in [4.69, 9.17) is 17.2 Å². The van der Waals surface area contributed by atoms with Crippen molar-refractivity contribution in [2.75, 3.05) is 18.0 Å². The van der Waals surface area contributed by atoms with Crippen molar-refractivity contribution in [3.8, 4) is 0 Å². The zero-order chi connectivity index (χ0) is 9.84. The molecular weight excluding hydrogens is 162 g/mol. The van der Waals surface area contributed by atoms with Gasteiger partial charge in [0.1, 0.15) is 0 Å². The molecule has 0 aliphatic carbocycles. The maximum Gasteiger partial charge on any atom is 0.0367 e. The molecule has 0 fully saturated rings. The third-order valence-corrected chi connectivity index (χ3v) is 2.23. The van der Waals surface area contributed by atoms with Gasteiger partial charge in [-0.2, -0.15) is 0 Å². The highest BCUT2D eigenvalue weighted by Crippen LogP contribution is 2.21. The van der Waals surface area contributed by atoms with E-state index in [9.17, 15) is 0 Å². The van der Waals surface area contributed by atoms with Crippen LogP contribution in [-0.4, -0.2) is 6.54 Å². The Morgan fingerprint density at radius 2 is 1.92 bits per heavy atom. The fraction of sp³-hybridized carbons (Fsp3) is 0.400. The zero-order valence-corrected chi connectivity index (χ0v) is 8.01. The van der Waals surface area contributed by atoms with E-state index in [1.807, 2.05) is 13.0 Å². The van der Waals surface area contributed by atoms with Crippen molar-refractivity contribution in [3.05, 3.63) is 23.3 Å². The molecule has 3 nitrogen and oxygen atoms in total. The molecule has 6 N–H and O–H groups in total. The second-order valence-electron chi connectivity index (χ2n) is 3.29. The molecule has 13 heavy (non-hydrogen) atoms. The van der Waals surface area contributed by atoms with E-state index in [-0.39, 0.29) is 0 Å². The lowest BCUT2D eigenvalue weighted by Gasteiger charge is -2.09. The Balaban J connectivity index is 2.92. The second-order valence-corrected chi connectivity index (χ2v) is 3.29. The first kappa shape index (κ1) is 9.86. The van der Waals surface area contributed by atoms with Gasteiger partial charge in [-0.15, -0.1) is 0 Å². The Morgan fingerprint density at radius 1 is 1.23 bits per heavy atom. The van der Waals surface area contributed by atoms with Gasteiger partial charge in [-0.1, -0.05) is 0 Å². The number of nitrogen functional groups attached to an aromatic ring is 2. The highest BCUT2D eigenvalue weighted by molar-refractivity contribution is 5.59. The van der Waals surface area contributed by atoms with Gasteiger partial charge in [0, 0.05) is 11.4 Å². The topological polar surface area (TPSA) is 78.1 Å². The van der Waals surface area contributed by atoms with Gasteiger partial charge in [0.25, 0.3) is 0 Å². The summed E-state index contributed by atoms with van der Waals surface area (Å²) in [6, 6.07) is 3.77. The molecular formula is C10H17N3. The van der Waals surface area contributed by atoms with Gasteiger partial charge < -0.3 is 17.2 Å². The number of rotatable bonds is 3. The van der Waals surface area contributed by atoms with E-state index in [2.05, 4.69) is 0 Å². The minimum atomic E-state index is 0.703. The highest BCUT2D eigenvalue weighted by Gasteiger charge is 2.02. The van der Waals surface area contributed by atoms with Gasteiger partial charge in [0.15, 0.2) is 0 Å². The summed E-state index contributed by atoms with van der Waals surface area (Å²) in [4.78, 5) is 0. The highest BCUT2D eigenvalue weighted by atomic mass is 14.6. The van der Waals surface area contributed by atoms with E-state index in [1.54, 1.807) is 6.07 Å². The van der Waals surface area contributed by atoms with Crippen LogP contribution < -0.4 is 17.2 Å². The Labute approximate surface area is 78.9 Å². The van der Waals surface area contributed by atoms with E-state index in [0.717, 1.165) is 29.8 Å². The lowest BCUT2D eigenvalue weighted by atomic mass is 10.0. The molecule has 3 heteroatoms. The summed E-state index contributed by atoms with van der Waals surface area (Å²) in [6.45, 7) is 2.72. The van der Waals surface area contributed by atoms with Gasteiger partial charge in [0.2, 0.25) is 0 Å². The maximum absolute atomic E-state index is 5.78. The maximum atomic E-state index is 5.78. The number of hydrogen-bond acceptors (Lipinski definition) is 3. The molecule has 0 unspecified atom stereocenters. The number of aryl methyl sites for hydroxylation is 1. The summed E-state index contributed by atoms with van der Waals surface area (Å²) in [5.74, 6) is 0. The SMILES string of the molecule is Cc1c(N)cc(N)cc1CCCN. The van der Waals surface area contributed by atoms with Gasteiger partial charge in [-0.25, -0.2) is 0 Å². The van der Waals surface area contributed by atoms with Crippen molar-refractivity contribution in [3.63, 3.8) is 0 Å². The van der Waals surface area contributed by atoms with Crippen LogP contribution in [0.1, 0.15) is 17.5 Å². The average Bonchev–Trinajstić information content (AvgIpc) is 2.09. The van der Waals surface area contributed by atoms with E-state index >= 15 is 0 Å². The first-order chi connectivity index (χ1) is 6.15. The summed E-state index contributed by atoms with van der Waals surface area (Å²) in [5, 5.41) is 0. The molecule has 1 rings (SSSR count). The Kier molecular flexibility index (Phi) is 3.14. The van der Waals surface area contributed by atoms with Crippen LogP contribution in [0, 0.1) is 6.92 Å². The molecule has 1 aromatic carbocycles. The largest absolute Gasteiger partial charge is 0.399 e. The predicted octanol–water partition coefficient (Wildman–Crippen LogP) is 1.05. The van der Waals surface area contributed by atoms with Crippen LogP contribution in [0.2, 0.25) is 0 Å². The Hall–Kier alpha value is -1.22. The molecule has 0 spiro atoms. The smallest absolute Gasteiger partial charge is 0.0367 e. The third-order valence-electron chi connectivity index (χ3n) is 2.23. The molecule has 72 valence electrons. The monoisotopic (exact) mass is 179 g/mol. The van der Waals surface area contributed by atoms with Crippen LogP contribution in [0.25, 0.3) is 0 Å². The van der Waals surface area contributed by atoms with Crippen molar-refractivity contribution in [2.45, 2.75) is 19.8 Å². The van der Waals surface area contributed by atoms with E-state index < -0.39 is 0 Å². The summed E-state index contributed by atoms with van der Waals surface area (Å²) < 4.78 is 0. The molecule has 0 atom stereocenters. The summed E-state index contributed by atoms with van der Waals surface area (Å²) >= 11 is 0.